The van der Waals surface area contributed by atoms with E-state index in [1.54, 1.807) is 0 Å². The largest absolute Gasteiger partial charge is 0.485 e. The normalized spacial score (nSPS) is 19.0. The molecule has 4 heterocycles. The first-order chi connectivity index (χ1) is 28.7. The summed E-state index contributed by atoms with van der Waals surface area (Å²) in [6.45, 7) is 0. The van der Waals surface area contributed by atoms with E-state index in [0.717, 1.165) is 58.2 Å². The first-order valence-electron chi connectivity index (χ1n) is 20.6. The van der Waals surface area contributed by atoms with Crippen LogP contribution < -0.4 is 15.4 Å². The Kier molecular flexibility index (Phi) is 6.77. The lowest BCUT2D eigenvalue weighted by atomic mass is 9.89. The Labute approximate surface area is 335 Å². The Morgan fingerprint density at radius 2 is 1.36 bits per heavy atom. The van der Waals surface area contributed by atoms with E-state index in [1.165, 1.54) is 66.0 Å². The van der Waals surface area contributed by atoms with Crippen molar-refractivity contribution in [3.8, 4) is 22.6 Å². The van der Waals surface area contributed by atoms with E-state index in [0.29, 0.717) is 0 Å². The van der Waals surface area contributed by atoms with Crippen LogP contribution in [0.3, 0.4) is 0 Å². The van der Waals surface area contributed by atoms with Gasteiger partial charge in [0.05, 0.1) is 16.6 Å². The molecule has 0 bridgehead atoms. The molecule has 276 valence electrons. The molecular weight excluding hydrogens is 709 g/mol. The van der Waals surface area contributed by atoms with Gasteiger partial charge in [0.2, 0.25) is 0 Å². The van der Waals surface area contributed by atoms with Crippen molar-refractivity contribution in [2.24, 2.45) is 0 Å². The summed E-state index contributed by atoms with van der Waals surface area (Å²) in [5.41, 5.74) is 15.5. The van der Waals surface area contributed by atoms with Crippen molar-refractivity contribution in [3.05, 3.63) is 191 Å². The summed E-state index contributed by atoms with van der Waals surface area (Å²) < 4.78 is 18.2. The molecule has 13 rings (SSSR count). The summed E-state index contributed by atoms with van der Waals surface area (Å²) >= 11 is 0. The van der Waals surface area contributed by atoms with E-state index >= 15 is 0 Å². The second-order valence-electron chi connectivity index (χ2n) is 16.2. The monoisotopic (exact) mass is 746 g/mol. The topological polar surface area (TPSA) is 32.2 Å². The number of hydrogen-bond acceptors (Lipinski definition) is 2. The van der Waals surface area contributed by atoms with Gasteiger partial charge >= 0.3 is 0 Å². The van der Waals surface area contributed by atoms with Gasteiger partial charge in [-0.25, -0.2) is 0 Å². The molecule has 4 heteroatoms. The van der Waals surface area contributed by atoms with E-state index in [9.17, 15) is 0 Å². The van der Waals surface area contributed by atoms with Crippen LogP contribution in [-0.2, 0) is 6.42 Å². The van der Waals surface area contributed by atoms with Crippen LogP contribution in [0.15, 0.2) is 162 Å². The van der Waals surface area contributed by atoms with Crippen LogP contribution in [0.4, 0.5) is 0 Å². The molecule has 9 aromatic rings. The first-order valence-corrected chi connectivity index (χ1v) is 20.6. The van der Waals surface area contributed by atoms with Crippen molar-refractivity contribution in [2.45, 2.75) is 37.2 Å². The first kappa shape index (κ1) is 32.1. The maximum absolute atomic E-state index is 6.71. The van der Waals surface area contributed by atoms with Gasteiger partial charge in [-0.05, 0) is 96.1 Å². The van der Waals surface area contributed by atoms with Gasteiger partial charge in [0, 0.05) is 67.3 Å². The number of aromatic nitrogens is 2. The average molecular weight is 747 g/mol. The quantitative estimate of drug-likeness (QED) is 0.180. The molecule has 0 spiro atoms. The summed E-state index contributed by atoms with van der Waals surface area (Å²) in [6, 6.07) is 48.6. The van der Waals surface area contributed by atoms with E-state index < -0.39 is 0 Å². The number of fused-ring (bicyclic) bond motifs is 12. The predicted octanol–water partition coefficient (Wildman–Crippen LogP) is 11.8. The highest BCUT2D eigenvalue weighted by molar-refractivity contribution is 6.09. The molecule has 3 atom stereocenters. The molecular formula is C54H38N2O2. The van der Waals surface area contributed by atoms with Crippen molar-refractivity contribution in [3.63, 3.8) is 0 Å². The predicted molar refractivity (Wildman–Crippen MR) is 238 cm³/mol. The molecule has 1 aliphatic heterocycles. The molecule has 58 heavy (non-hydrogen) atoms. The maximum atomic E-state index is 6.71. The minimum atomic E-state index is -0.105. The van der Waals surface area contributed by atoms with Crippen molar-refractivity contribution < 1.29 is 9.15 Å². The molecule has 0 radical (unpaired) electrons. The van der Waals surface area contributed by atoms with Crippen LogP contribution in [0.1, 0.15) is 47.1 Å². The summed E-state index contributed by atoms with van der Waals surface area (Å²) in [7, 11) is 0. The third-order valence-electron chi connectivity index (χ3n) is 13.0. The Hall–Kier alpha value is -7.04. The number of furan rings is 1. The van der Waals surface area contributed by atoms with Gasteiger partial charge < -0.3 is 18.3 Å². The second-order valence-corrected chi connectivity index (χ2v) is 16.2. The Morgan fingerprint density at radius 3 is 2.21 bits per heavy atom. The van der Waals surface area contributed by atoms with Gasteiger partial charge in [0.25, 0.3) is 0 Å². The fourth-order valence-corrected chi connectivity index (χ4v) is 10.4. The number of ether oxygens (including phenoxy) is 1. The fourth-order valence-electron chi connectivity index (χ4n) is 10.4. The molecule has 3 aliphatic carbocycles. The van der Waals surface area contributed by atoms with Gasteiger partial charge in [-0.1, -0.05) is 115 Å². The third kappa shape index (κ3) is 4.69. The molecule has 0 amide bonds. The maximum Gasteiger partial charge on any atom is 0.135 e. The van der Waals surface area contributed by atoms with Crippen LogP contribution in [0, 0.1) is 0 Å². The number of para-hydroxylation sites is 3. The molecule has 3 unspecified atom stereocenters. The van der Waals surface area contributed by atoms with Gasteiger partial charge in [0.1, 0.15) is 22.9 Å². The number of benzene rings is 6. The zero-order valence-corrected chi connectivity index (χ0v) is 31.8. The molecule has 3 aromatic heterocycles. The molecule has 0 saturated carbocycles. The van der Waals surface area contributed by atoms with Crippen LogP contribution in [0.25, 0.3) is 84.4 Å². The molecule has 4 nitrogen and oxygen atoms in total. The second kappa shape index (κ2) is 12.2. The smallest absolute Gasteiger partial charge is 0.135 e. The number of hydrogen-bond donors (Lipinski definition) is 0. The zero-order valence-electron chi connectivity index (χ0n) is 31.8. The molecule has 0 saturated heterocycles. The summed E-state index contributed by atoms with van der Waals surface area (Å²) in [5.74, 6) is 1.33. The number of aryl methyl sites for hydroxylation is 1. The molecule has 0 fully saturated rings. The number of rotatable bonds is 4. The SMILES string of the molecule is C1=Cc2c(c3ccccc3n2C2=CC(c3ccc4c5c(oc4c3)=CC3Oc4cc(-c6cccc(-n7c8ccccc8c8ccccc87)c6)ccc4C3C=5)CC=C2)CC1. The van der Waals surface area contributed by atoms with Crippen molar-refractivity contribution >= 4 is 67.6 Å². The van der Waals surface area contributed by atoms with Crippen molar-refractivity contribution in [1.82, 2.24) is 9.13 Å². The lowest BCUT2D eigenvalue weighted by Crippen LogP contribution is -2.32. The van der Waals surface area contributed by atoms with Gasteiger partial charge in [-0.3, -0.25) is 0 Å². The van der Waals surface area contributed by atoms with Gasteiger partial charge in [-0.2, -0.15) is 0 Å². The summed E-state index contributed by atoms with van der Waals surface area (Å²) in [4.78, 5) is 0. The minimum absolute atomic E-state index is 0.105. The highest BCUT2D eigenvalue weighted by Gasteiger charge is 2.34. The standard InChI is InChI=1S/C54H38N2O2/c1-5-19-47-39(15-1)40-16-2-6-20-48(40)55(47)37-13-9-11-33(27-37)35-23-25-43-45-31-46-44-26-24-36(30-52(44)58-54(46)32-53(45)57-51(43)29-35)34-12-10-14-38(28-34)56-49-21-7-3-17-41(49)42-18-4-8-22-50(42)56/h1-3,5-11,13-17,19-32,34,45,53H,4,12,18H2. The van der Waals surface area contributed by atoms with Crippen LogP contribution in [0.5, 0.6) is 5.75 Å². The summed E-state index contributed by atoms with van der Waals surface area (Å²) in [6.07, 6.45) is 19.3. The summed E-state index contributed by atoms with van der Waals surface area (Å²) in [5, 5.41) is 6.22. The van der Waals surface area contributed by atoms with E-state index in [2.05, 4.69) is 185 Å². The fraction of sp³-hybridized carbons (Fsp3) is 0.111. The highest BCUT2D eigenvalue weighted by atomic mass is 16.5. The molecule has 6 aromatic carbocycles. The molecule has 4 aliphatic rings. The molecule has 0 N–H and O–H groups in total. The number of allylic oxidation sites excluding steroid dienone is 5. The van der Waals surface area contributed by atoms with Crippen molar-refractivity contribution in [2.75, 3.05) is 0 Å². The van der Waals surface area contributed by atoms with Gasteiger partial charge in [0.15, 0.2) is 0 Å². The van der Waals surface area contributed by atoms with Crippen LogP contribution in [0.2, 0.25) is 0 Å². The Morgan fingerprint density at radius 1 is 0.586 bits per heavy atom. The lowest BCUT2D eigenvalue weighted by Gasteiger charge is -2.20. The van der Waals surface area contributed by atoms with E-state index in [-0.39, 0.29) is 17.9 Å². The van der Waals surface area contributed by atoms with Crippen LogP contribution in [-0.4, -0.2) is 15.2 Å². The minimum Gasteiger partial charge on any atom is -0.485 e. The van der Waals surface area contributed by atoms with Crippen LogP contribution >= 0.6 is 0 Å². The Bertz CT molecular complexity index is 3380. The third-order valence-corrected chi connectivity index (χ3v) is 13.0. The van der Waals surface area contributed by atoms with Gasteiger partial charge in [-0.15, -0.1) is 0 Å². The highest BCUT2D eigenvalue weighted by Crippen LogP contribution is 2.44. The van der Waals surface area contributed by atoms with E-state index in [4.69, 9.17) is 9.15 Å². The van der Waals surface area contributed by atoms with Crippen molar-refractivity contribution in [1.29, 1.82) is 0 Å². The Balaban J connectivity index is 0.824. The lowest BCUT2D eigenvalue weighted by molar-refractivity contribution is 0.286. The zero-order chi connectivity index (χ0) is 37.9. The number of nitrogens with zero attached hydrogens (tertiary/aromatic N) is 2. The van der Waals surface area contributed by atoms with E-state index in [1.807, 2.05) is 0 Å². The average Bonchev–Trinajstić information content (AvgIpc) is 4.02.